The number of fused-ring (bicyclic) bond motifs is 3. The van der Waals surface area contributed by atoms with Crippen LogP contribution in [0.2, 0.25) is 0 Å². The highest BCUT2D eigenvalue weighted by atomic mass is 16.5. The van der Waals surface area contributed by atoms with Crippen LogP contribution in [0.25, 0.3) is 10.8 Å². The van der Waals surface area contributed by atoms with Gasteiger partial charge in [-0.3, -0.25) is 4.99 Å². The third-order valence-electron chi connectivity index (χ3n) is 3.39. The first-order valence-corrected chi connectivity index (χ1v) is 6.01. The van der Waals surface area contributed by atoms with Crippen molar-refractivity contribution in [1.29, 1.82) is 0 Å². The molecule has 0 amide bonds. The summed E-state index contributed by atoms with van der Waals surface area (Å²) in [5, 5.41) is 2.33. The maximum atomic E-state index is 5.37. The van der Waals surface area contributed by atoms with Crippen LogP contribution in [0.3, 0.4) is 0 Å². The Kier molecular flexibility index (Phi) is 2.67. The van der Waals surface area contributed by atoms with Crippen LogP contribution in [0.5, 0.6) is 11.5 Å². The Balaban J connectivity index is 2.32. The fourth-order valence-electron chi connectivity index (χ4n) is 2.43. The number of methoxy groups -OCH3 is 2. The predicted octanol–water partition coefficient (Wildman–Crippen LogP) is 2.83. The number of hydrogen-bond donors (Lipinski definition) is 0. The molecule has 0 aromatic heterocycles. The number of aliphatic imine (C=N–C) groups is 1. The Hall–Kier alpha value is -2.03. The predicted molar refractivity (Wildman–Crippen MR) is 73.2 cm³/mol. The molecule has 18 heavy (non-hydrogen) atoms. The number of rotatable bonds is 2. The molecule has 1 aliphatic heterocycles. The molecule has 0 spiro atoms. The van der Waals surface area contributed by atoms with E-state index in [2.05, 4.69) is 17.1 Å². The van der Waals surface area contributed by atoms with Gasteiger partial charge in [-0.05, 0) is 34.9 Å². The molecule has 0 unspecified atom stereocenters. The molecule has 0 radical (unpaired) electrons. The summed E-state index contributed by atoms with van der Waals surface area (Å²) in [6.45, 7) is 0.881. The van der Waals surface area contributed by atoms with Crippen LogP contribution in [-0.2, 0) is 6.42 Å². The van der Waals surface area contributed by atoms with E-state index in [1.54, 1.807) is 14.2 Å². The van der Waals surface area contributed by atoms with E-state index in [1.165, 1.54) is 16.5 Å². The number of benzene rings is 2. The van der Waals surface area contributed by atoms with Gasteiger partial charge in [-0.25, -0.2) is 0 Å². The molecule has 2 aromatic rings. The molecule has 3 rings (SSSR count). The van der Waals surface area contributed by atoms with Crippen molar-refractivity contribution in [1.82, 2.24) is 0 Å². The van der Waals surface area contributed by atoms with Crippen molar-refractivity contribution in [3.63, 3.8) is 0 Å². The SMILES string of the molecule is COc1cc2ccc3c(c2cc1OC)C=NCC3. The monoisotopic (exact) mass is 241 g/mol. The lowest BCUT2D eigenvalue weighted by Crippen LogP contribution is -2.03. The average Bonchev–Trinajstić information content (AvgIpc) is 2.45. The first kappa shape index (κ1) is 11.1. The summed E-state index contributed by atoms with van der Waals surface area (Å²) in [6, 6.07) is 8.35. The highest BCUT2D eigenvalue weighted by Crippen LogP contribution is 2.34. The molecule has 2 aromatic carbocycles. The molecule has 3 nitrogen and oxygen atoms in total. The number of hydrogen-bond acceptors (Lipinski definition) is 3. The van der Waals surface area contributed by atoms with Crippen LogP contribution >= 0.6 is 0 Å². The van der Waals surface area contributed by atoms with E-state index < -0.39 is 0 Å². The summed E-state index contributed by atoms with van der Waals surface area (Å²) in [5.41, 5.74) is 2.56. The minimum absolute atomic E-state index is 0.761. The summed E-state index contributed by atoms with van der Waals surface area (Å²) in [7, 11) is 3.32. The van der Waals surface area contributed by atoms with Crippen molar-refractivity contribution < 1.29 is 9.47 Å². The summed E-state index contributed by atoms with van der Waals surface area (Å²) in [4.78, 5) is 4.37. The van der Waals surface area contributed by atoms with Crippen molar-refractivity contribution in [2.24, 2.45) is 4.99 Å². The molecule has 1 heterocycles. The molecule has 3 heteroatoms. The lowest BCUT2D eigenvalue weighted by atomic mass is 9.96. The minimum atomic E-state index is 0.761. The van der Waals surface area contributed by atoms with Crippen molar-refractivity contribution in [2.75, 3.05) is 20.8 Å². The third-order valence-corrected chi connectivity index (χ3v) is 3.39. The van der Waals surface area contributed by atoms with Gasteiger partial charge in [-0.1, -0.05) is 12.1 Å². The second-order valence-electron chi connectivity index (χ2n) is 4.35. The zero-order valence-electron chi connectivity index (χ0n) is 10.6. The molecule has 0 atom stereocenters. The zero-order chi connectivity index (χ0) is 12.5. The summed E-state index contributed by atoms with van der Waals surface area (Å²) < 4.78 is 10.7. The van der Waals surface area contributed by atoms with Crippen LogP contribution in [0.15, 0.2) is 29.3 Å². The molecule has 1 aliphatic rings. The molecule has 0 bridgehead atoms. The second kappa shape index (κ2) is 4.33. The van der Waals surface area contributed by atoms with Crippen LogP contribution in [0.4, 0.5) is 0 Å². The van der Waals surface area contributed by atoms with Gasteiger partial charge >= 0.3 is 0 Å². The van der Waals surface area contributed by atoms with Gasteiger partial charge in [0.2, 0.25) is 0 Å². The summed E-state index contributed by atoms with van der Waals surface area (Å²) in [5.74, 6) is 1.52. The van der Waals surface area contributed by atoms with Crippen LogP contribution in [-0.4, -0.2) is 27.0 Å². The zero-order valence-corrected chi connectivity index (χ0v) is 10.6. The molecule has 0 saturated carbocycles. The van der Waals surface area contributed by atoms with Gasteiger partial charge in [0.05, 0.1) is 14.2 Å². The number of nitrogens with zero attached hydrogens (tertiary/aromatic N) is 1. The lowest BCUT2D eigenvalue weighted by Gasteiger charge is -2.15. The molecule has 0 saturated heterocycles. The van der Waals surface area contributed by atoms with Gasteiger partial charge in [0.1, 0.15) is 0 Å². The number of ether oxygens (including phenoxy) is 2. The highest BCUT2D eigenvalue weighted by molar-refractivity contribution is 6.03. The van der Waals surface area contributed by atoms with Gasteiger partial charge in [-0.15, -0.1) is 0 Å². The second-order valence-corrected chi connectivity index (χ2v) is 4.35. The molecule has 0 N–H and O–H groups in total. The Morgan fingerprint density at radius 1 is 1.06 bits per heavy atom. The Morgan fingerprint density at radius 3 is 2.61 bits per heavy atom. The standard InChI is InChI=1S/C15H15NO2/c1-17-14-7-11-4-3-10-5-6-16-9-13(10)12(11)8-15(14)18-2/h3-4,7-9H,5-6H2,1-2H3. The fourth-order valence-corrected chi connectivity index (χ4v) is 2.43. The molecular formula is C15H15NO2. The van der Waals surface area contributed by atoms with Crippen molar-refractivity contribution >= 4 is 17.0 Å². The summed E-state index contributed by atoms with van der Waals surface area (Å²) >= 11 is 0. The largest absolute Gasteiger partial charge is 0.493 e. The quantitative estimate of drug-likeness (QED) is 0.809. The van der Waals surface area contributed by atoms with E-state index in [0.29, 0.717) is 0 Å². The first-order chi connectivity index (χ1) is 8.83. The van der Waals surface area contributed by atoms with Crippen LogP contribution in [0.1, 0.15) is 11.1 Å². The van der Waals surface area contributed by atoms with E-state index in [-0.39, 0.29) is 0 Å². The summed E-state index contributed by atoms with van der Waals surface area (Å²) in [6.07, 6.45) is 2.98. The van der Waals surface area contributed by atoms with E-state index in [0.717, 1.165) is 29.9 Å². The van der Waals surface area contributed by atoms with E-state index in [9.17, 15) is 0 Å². The van der Waals surface area contributed by atoms with Gasteiger partial charge in [0.15, 0.2) is 11.5 Å². The maximum Gasteiger partial charge on any atom is 0.161 e. The topological polar surface area (TPSA) is 30.8 Å². The van der Waals surface area contributed by atoms with E-state index in [4.69, 9.17) is 9.47 Å². The third kappa shape index (κ3) is 1.63. The molecule has 92 valence electrons. The van der Waals surface area contributed by atoms with Gasteiger partial charge in [0, 0.05) is 18.3 Å². The van der Waals surface area contributed by atoms with Crippen molar-refractivity contribution in [3.05, 3.63) is 35.4 Å². The van der Waals surface area contributed by atoms with E-state index in [1.807, 2.05) is 18.3 Å². The smallest absolute Gasteiger partial charge is 0.161 e. The van der Waals surface area contributed by atoms with Gasteiger partial charge < -0.3 is 9.47 Å². The normalized spacial score (nSPS) is 13.4. The maximum absolute atomic E-state index is 5.37. The van der Waals surface area contributed by atoms with Crippen molar-refractivity contribution in [2.45, 2.75) is 6.42 Å². The first-order valence-electron chi connectivity index (χ1n) is 6.01. The van der Waals surface area contributed by atoms with Crippen LogP contribution < -0.4 is 9.47 Å². The molecule has 0 aliphatic carbocycles. The molecular weight excluding hydrogens is 226 g/mol. The Morgan fingerprint density at radius 2 is 1.83 bits per heavy atom. The average molecular weight is 241 g/mol. The lowest BCUT2D eigenvalue weighted by molar-refractivity contribution is 0.356. The fraction of sp³-hybridized carbons (Fsp3) is 0.267. The van der Waals surface area contributed by atoms with Gasteiger partial charge in [0.25, 0.3) is 0 Å². The minimum Gasteiger partial charge on any atom is -0.493 e. The van der Waals surface area contributed by atoms with Crippen LogP contribution in [0, 0.1) is 0 Å². The highest BCUT2D eigenvalue weighted by Gasteiger charge is 2.12. The Bertz CT molecular complexity index is 632. The Labute approximate surface area is 106 Å². The molecule has 0 fully saturated rings. The van der Waals surface area contributed by atoms with E-state index >= 15 is 0 Å². The van der Waals surface area contributed by atoms with Gasteiger partial charge in [-0.2, -0.15) is 0 Å². The van der Waals surface area contributed by atoms with Crippen molar-refractivity contribution in [3.8, 4) is 11.5 Å².